The molecule has 12 heteroatoms. The SMILES string of the molecule is NCC12CN(c3nc4c(cc3F)c(=O)c(C(=O)O)cn4-c3cnsn3)CC1CCO2. The molecule has 156 valence electrons. The Labute approximate surface area is 173 Å². The molecule has 5 rings (SSSR count). The van der Waals surface area contributed by atoms with Gasteiger partial charge in [-0.25, -0.2) is 14.2 Å². The highest BCUT2D eigenvalue weighted by Gasteiger charge is 2.50. The van der Waals surface area contributed by atoms with Gasteiger partial charge in [0.1, 0.15) is 11.2 Å². The molecule has 2 aliphatic heterocycles. The van der Waals surface area contributed by atoms with Gasteiger partial charge in [-0.3, -0.25) is 9.36 Å². The number of fused-ring (bicyclic) bond motifs is 2. The predicted octanol–water partition coefficient (Wildman–Crippen LogP) is 0.628. The molecule has 2 unspecified atom stereocenters. The number of aromatic nitrogens is 4. The number of halogens is 1. The highest BCUT2D eigenvalue weighted by atomic mass is 32.1. The highest BCUT2D eigenvalue weighted by molar-refractivity contribution is 6.99. The van der Waals surface area contributed by atoms with Crippen LogP contribution in [0, 0.1) is 11.7 Å². The molecule has 2 aliphatic rings. The van der Waals surface area contributed by atoms with Crippen molar-refractivity contribution in [3.63, 3.8) is 0 Å². The van der Waals surface area contributed by atoms with Crippen LogP contribution in [-0.2, 0) is 4.74 Å². The number of anilines is 1. The molecule has 0 amide bonds. The number of carboxylic acids is 1. The van der Waals surface area contributed by atoms with Crippen molar-refractivity contribution in [2.45, 2.75) is 12.0 Å². The molecule has 0 bridgehead atoms. The van der Waals surface area contributed by atoms with Gasteiger partial charge in [-0.1, -0.05) is 0 Å². The van der Waals surface area contributed by atoms with E-state index in [1.165, 1.54) is 10.8 Å². The summed E-state index contributed by atoms with van der Waals surface area (Å²) in [6.45, 7) is 1.86. The van der Waals surface area contributed by atoms with E-state index in [4.69, 9.17) is 10.5 Å². The Bertz CT molecular complexity index is 1220. The van der Waals surface area contributed by atoms with E-state index in [0.717, 1.165) is 30.4 Å². The van der Waals surface area contributed by atoms with Crippen molar-refractivity contribution in [2.24, 2.45) is 11.7 Å². The number of hydrogen-bond acceptors (Lipinski definition) is 9. The number of hydrogen-bond donors (Lipinski definition) is 2. The van der Waals surface area contributed by atoms with Crippen LogP contribution in [0.5, 0.6) is 0 Å². The van der Waals surface area contributed by atoms with Crippen LogP contribution >= 0.6 is 11.7 Å². The summed E-state index contributed by atoms with van der Waals surface area (Å²) < 4.78 is 30.3. The van der Waals surface area contributed by atoms with E-state index < -0.39 is 28.4 Å². The summed E-state index contributed by atoms with van der Waals surface area (Å²) in [6.07, 6.45) is 3.39. The van der Waals surface area contributed by atoms with Gasteiger partial charge in [0.05, 0.1) is 29.9 Å². The third-order valence-corrected chi connectivity index (χ3v) is 6.35. The van der Waals surface area contributed by atoms with Gasteiger partial charge >= 0.3 is 5.97 Å². The minimum absolute atomic E-state index is 0.0627. The summed E-state index contributed by atoms with van der Waals surface area (Å²) in [5, 5.41) is 9.25. The maximum atomic E-state index is 15.1. The summed E-state index contributed by atoms with van der Waals surface area (Å²) in [5.74, 6) is -1.61. The molecule has 3 aromatic heterocycles. The van der Waals surface area contributed by atoms with Crippen LogP contribution in [0.2, 0.25) is 0 Å². The van der Waals surface area contributed by atoms with Gasteiger partial charge in [0.25, 0.3) is 0 Å². The van der Waals surface area contributed by atoms with Gasteiger partial charge in [-0.05, 0) is 12.5 Å². The van der Waals surface area contributed by atoms with Gasteiger partial charge in [-0.2, -0.15) is 8.75 Å². The molecule has 3 N–H and O–H groups in total. The lowest BCUT2D eigenvalue weighted by Crippen LogP contribution is -2.44. The Hall–Kier alpha value is -2.96. The summed E-state index contributed by atoms with van der Waals surface area (Å²) in [5.41, 5.74) is 4.21. The molecule has 30 heavy (non-hydrogen) atoms. The first-order chi connectivity index (χ1) is 14.4. The Kier molecular flexibility index (Phi) is 4.31. The fraction of sp³-hybridized carbons (Fsp3) is 0.389. The van der Waals surface area contributed by atoms with E-state index in [9.17, 15) is 14.7 Å². The number of carbonyl (C=O) groups is 1. The molecular formula is C18H17FN6O4S. The zero-order valence-corrected chi connectivity index (χ0v) is 16.4. The lowest BCUT2D eigenvalue weighted by Gasteiger charge is -2.26. The van der Waals surface area contributed by atoms with Crippen molar-refractivity contribution in [3.8, 4) is 5.82 Å². The summed E-state index contributed by atoms with van der Waals surface area (Å²) >= 11 is 0.919. The van der Waals surface area contributed by atoms with Crippen LogP contribution < -0.4 is 16.1 Å². The van der Waals surface area contributed by atoms with E-state index in [-0.39, 0.29) is 28.6 Å². The Morgan fingerprint density at radius 2 is 2.33 bits per heavy atom. The van der Waals surface area contributed by atoms with E-state index in [2.05, 4.69) is 13.7 Å². The quantitative estimate of drug-likeness (QED) is 0.608. The minimum atomic E-state index is -1.42. The normalized spacial score (nSPS) is 23.3. The zero-order chi connectivity index (χ0) is 21.0. The number of rotatable bonds is 4. The number of nitrogens with two attached hydrogens (primary N) is 1. The first-order valence-corrected chi connectivity index (χ1v) is 10.0. The second-order valence-electron chi connectivity index (χ2n) is 7.46. The number of aromatic carboxylic acids is 1. The molecule has 0 aliphatic carbocycles. The third kappa shape index (κ3) is 2.71. The lowest BCUT2D eigenvalue weighted by atomic mass is 9.91. The Morgan fingerprint density at radius 3 is 3.00 bits per heavy atom. The van der Waals surface area contributed by atoms with Crippen molar-refractivity contribution >= 4 is 34.5 Å². The minimum Gasteiger partial charge on any atom is -0.477 e. The van der Waals surface area contributed by atoms with E-state index in [0.29, 0.717) is 26.2 Å². The standard InChI is InChI=1S/C18H17FN6O4S/c19-12-3-10-14(26)11(17(27)28)6-25(13-4-21-30-23-13)15(10)22-16(12)24-5-9-1-2-29-18(9,7-20)8-24/h3-4,6,9H,1-2,5,7-8,20H2,(H,27,28). The van der Waals surface area contributed by atoms with Gasteiger partial charge in [0.2, 0.25) is 5.43 Å². The molecule has 0 saturated carbocycles. The predicted molar refractivity (Wildman–Crippen MR) is 106 cm³/mol. The van der Waals surface area contributed by atoms with Crippen LogP contribution in [0.25, 0.3) is 16.9 Å². The highest BCUT2D eigenvalue weighted by Crippen LogP contribution is 2.40. The molecule has 2 saturated heterocycles. The number of ether oxygens (including phenoxy) is 1. The topological polar surface area (TPSA) is 136 Å². The van der Waals surface area contributed by atoms with Crippen molar-refractivity contribution in [1.29, 1.82) is 0 Å². The van der Waals surface area contributed by atoms with E-state index in [1.807, 2.05) is 0 Å². The van der Waals surface area contributed by atoms with Crippen LogP contribution in [-0.4, -0.2) is 61.2 Å². The molecule has 0 radical (unpaired) electrons. The summed E-state index contributed by atoms with van der Waals surface area (Å²) in [4.78, 5) is 30.4. The van der Waals surface area contributed by atoms with Gasteiger partial charge < -0.3 is 20.5 Å². The van der Waals surface area contributed by atoms with Crippen molar-refractivity contribution in [2.75, 3.05) is 31.1 Å². The fourth-order valence-corrected chi connectivity index (χ4v) is 4.76. The van der Waals surface area contributed by atoms with Gasteiger partial charge in [0.15, 0.2) is 23.1 Å². The second-order valence-corrected chi connectivity index (χ2v) is 8.02. The zero-order valence-electron chi connectivity index (χ0n) is 15.6. The maximum absolute atomic E-state index is 15.1. The van der Waals surface area contributed by atoms with Crippen molar-refractivity contribution in [3.05, 3.63) is 40.1 Å². The van der Waals surface area contributed by atoms with Crippen LogP contribution in [0.15, 0.2) is 23.3 Å². The molecule has 0 aromatic carbocycles. The number of pyridine rings is 2. The summed E-state index contributed by atoms with van der Waals surface area (Å²) in [7, 11) is 0. The van der Waals surface area contributed by atoms with Gasteiger partial charge in [0, 0.05) is 31.8 Å². The van der Waals surface area contributed by atoms with E-state index in [1.54, 1.807) is 4.90 Å². The maximum Gasteiger partial charge on any atom is 0.341 e. The molecule has 5 heterocycles. The largest absolute Gasteiger partial charge is 0.477 e. The first kappa shape index (κ1) is 19.0. The van der Waals surface area contributed by atoms with Gasteiger partial charge in [-0.15, -0.1) is 0 Å². The average Bonchev–Trinajstić information content (AvgIpc) is 3.44. The third-order valence-electron chi connectivity index (χ3n) is 5.88. The smallest absolute Gasteiger partial charge is 0.341 e. The molecule has 2 fully saturated rings. The fourth-order valence-electron chi connectivity index (χ4n) is 4.35. The molecule has 10 nitrogen and oxygen atoms in total. The number of nitrogens with zero attached hydrogens (tertiary/aromatic N) is 5. The first-order valence-electron chi connectivity index (χ1n) is 9.29. The molecular weight excluding hydrogens is 415 g/mol. The monoisotopic (exact) mass is 432 g/mol. The average molecular weight is 432 g/mol. The van der Waals surface area contributed by atoms with Crippen LogP contribution in [0.1, 0.15) is 16.8 Å². The van der Waals surface area contributed by atoms with Crippen molar-refractivity contribution < 1.29 is 19.0 Å². The number of carboxylic acid groups (broad SMARTS) is 1. The molecule has 2 atom stereocenters. The van der Waals surface area contributed by atoms with E-state index >= 15 is 4.39 Å². The molecule has 0 spiro atoms. The summed E-state index contributed by atoms with van der Waals surface area (Å²) in [6, 6.07) is 1.03. The van der Waals surface area contributed by atoms with Crippen molar-refractivity contribution in [1.82, 2.24) is 18.3 Å². The molecule has 3 aromatic rings. The van der Waals surface area contributed by atoms with Crippen LogP contribution in [0.4, 0.5) is 10.2 Å². The Morgan fingerprint density at radius 1 is 1.50 bits per heavy atom. The Balaban J connectivity index is 1.70. The van der Waals surface area contributed by atoms with Crippen LogP contribution in [0.3, 0.4) is 0 Å². The lowest BCUT2D eigenvalue weighted by molar-refractivity contribution is 0.0126. The second kappa shape index (κ2) is 6.79.